The standard InChI is InChI=1S/C19H16ClNO3/c1-2-24-19(23)14-5-3-4-13(8-14)10-21-11-15(12-22)17-9-16(20)6-7-18(17)21/h3-9,11-12H,2,10H2,1H3. The molecule has 0 atom stereocenters. The molecule has 0 spiro atoms. The van der Waals surface area contributed by atoms with Gasteiger partial charge in [-0.05, 0) is 42.8 Å². The molecule has 0 saturated carbocycles. The van der Waals surface area contributed by atoms with Gasteiger partial charge in [0, 0.05) is 34.2 Å². The van der Waals surface area contributed by atoms with Crippen LogP contribution in [-0.2, 0) is 11.3 Å². The third-order valence-electron chi connectivity index (χ3n) is 3.79. The summed E-state index contributed by atoms with van der Waals surface area (Å²) in [5.41, 5.74) is 2.98. The van der Waals surface area contributed by atoms with Crippen molar-refractivity contribution in [2.24, 2.45) is 0 Å². The van der Waals surface area contributed by atoms with Crippen molar-refractivity contribution in [3.8, 4) is 0 Å². The molecule has 0 saturated heterocycles. The number of hydrogen-bond donors (Lipinski definition) is 0. The summed E-state index contributed by atoms with van der Waals surface area (Å²) in [5, 5.41) is 1.41. The molecule has 1 aromatic heterocycles. The van der Waals surface area contributed by atoms with Gasteiger partial charge in [-0.25, -0.2) is 4.79 Å². The summed E-state index contributed by atoms with van der Waals surface area (Å²) in [5.74, 6) is -0.336. The first kappa shape index (κ1) is 16.3. The molecule has 2 aromatic carbocycles. The Morgan fingerprint density at radius 3 is 2.83 bits per heavy atom. The maximum Gasteiger partial charge on any atom is 0.338 e. The van der Waals surface area contributed by atoms with E-state index in [1.165, 1.54) is 0 Å². The van der Waals surface area contributed by atoms with Gasteiger partial charge in [-0.2, -0.15) is 0 Å². The lowest BCUT2D eigenvalue weighted by Gasteiger charge is -2.08. The van der Waals surface area contributed by atoms with Gasteiger partial charge in [-0.15, -0.1) is 0 Å². The van der Waals surface area contributed by atoms with Crippen LogP contribution in [-0.4, -0.2) is 23.4 Å². The molecular weight excluding hydrogens is 326 g/mol. The van der Waals surface area contributed by atoms with Gasteiger partial charge < -0.3 is 9.30 Å². The molecule has 24 heavy (non-hydrogen) atoms. The van der Waals surface area contributed by atoms with Crippen LogP contribution >= 0.6 is 11.6 Å². The highest BCUT2D eigenvalue weighted by Gasteiger charge is 2.11. The highest BCUT2D eigenvalue weighted by Crippen LogP contribution is 2.25. The summed E-state index contributed by atoms with van der Waals surface area (Å²) in [6.45, 7) is 2.66. The smallest absolute Gasteiger partial charge is 0.338 e. The predicted octanol–water partition coefficient (Wildman–Crippen LogP) is 4.33. The van der Waals surface area contributed by atoms with E-state index in [1.807, 2.05) is 22.8 Å². The van der Waals surface area contributed by atoms with Crippen LogP contribution in [0.3, 0.4) is 0 Å². The maximum absolute atomic E-state index is 11.9. The van der Waals surface area contributed by atoms with Crippen LogP contribution in [0.2, 0.25) is 5.02 Å². The zero-order valence-corrected chi connectivity index (χ0v) is 13.9. The molecule has 0 bridgehead atoms. The van der Waals surface area contributed by atoms with Crippen molar-refractivity contribution in [3.05, 3.63) is 70.4 Å². The Morgan fingerprint density at radius 1 is 1.25 bits per heavy atom. The van der Waals surface area contributed by atoms with Gasteiger partial charge in [0.2, 0.25) is 0 Å². The highest BCUT2D eigenvalue weighted by atomic mass is 35.5. The minimum Gasteiger partial charge on any atom is -0.462 e. The fraction of sp³-hybridized carbons (Fsp3) is 0.158. The Balaban J connectivity index is 1.97. The molecule has 0 aliphatic heterocycles. The van der Waals surface area contributed by atoms with Crippen molar-refractivity contribution < 1.29 is 14.3 Å². The molecular formula is C19H16ClNO3. The number of carbonyl (C=O) groups excluding carboxylic acids is 2. The van der Waals surface area contributed by atoms with Gasteiger partial charge in [-0.3, -0.25) is 4.79 Å². The number of benzene rings is 2. The number of aromatic nitrogens is 1. The van der Waals surface area contributed by atoms with Gasteiger partial charge >= 0.3 is 5.97 Å². The molecule has 0 N–H and O–H groups in total. The molecule has 0 aliphatic carbocycles. The van der Waals surface area contributed by atoms with Crippen LogP contribution in [0.1, 0.15) is 33.2 Å². The number of hydrogen-bond acceptors (Lipinski definition) is 3. The van der Waals surface area contributed by atoms with E-state index in [1.54, 1.807) is 37.4 Å². The van der Waals surface area contributed by atoms with Crippen LogP contribution in [0.15, 0.2) is 48.7 Å². The second-order valence-electron chi connectivity index (χ2n) is 5.41. The molecule has 0 radical (unpaired) electrons. The van der Waals surface area contributed by atoms with E-state index in [9.17, 15) is 9.59 Å². The first-order valence-electron chi connectivity index (χ1n) is 7.62. The SMILES string of the molecule is CCOC(=O)c1cccc(Cn2cc(C=O)c3cc(Cl)ccc32)c1. The van der Waals surface area contributed by atoms with Gasteiger partial charge in [-0.1, -0.05) is 23.7 Å². The minimum absolute atomic E-state index is 0.336. The topological polar surface area (TPSA) is 48.3 Å². The van der Waals surface area contributed by atoms with Crippen LogP contribution in [0, 0.1) is 0 Å². The zero-order valence-electron chi connectivity index (χ0n) is 13.2. The Morgan fingerprint density at radius 2 is 2.08 bits per heavy atom. The van der Waals surface area contributed by atoms with E-state index in [0.29, 0.717) is 29.3 Å². The van der Waals surface area contributed by atoms with Crippen molar-refractivity contribution in [1.82, 2.24) is 4.57 Å². The lowest BCUT2D eigenvalue weighted by molar-refractivity contribution is 0.0526. The first-order valence-corrected chi connectivity index (χ1v) is 8.00. The van der Waals surface area contributed by atoms with E-state index in [0.717, 1.165) is 22.8 Å². The average molecular weight is 342 g/mol. The van der Waals surface area contributed by atoms with Gasteiger partial charge in [0.1, 0.15) is 0 Å². The highest BCUT2D eigenvalue weighted by molar-refractivity contribution is 6.31. The fourth-order valence-corrected chi connectivity index (χ4v) is 2.90. The molecule has 0 aliphatic rings. The second kappa shape index (κ2) is 6.89. The van der Waals surface area contributed by atoms with E-state index in [2.05, 4.69) is 0 Å². The van der Waals surface area contributed by atoms with E-state index >= 15 is 0 Å². The van der Waals surface area contributed by atoms with E-state index in [4.69, 9.17) is 16.3 Å². The molecule has 0 amide bonds. The molecule has 122 valence electrons. The third kappa shape index (κ3) is 3.19. The van der Waals surface area contributed by atoms with Gasteiger partial charge in [0.05, 0.1) is 12.2 Å². The summed E-state index contributed by atoms with van der Waals surface area (Å²) in [4.78, 5) is 23.2. The predicted molar refractivity (Wildman–Crippen MR) is 93.8 cm³/mol. The largest absolute Gasteiger partial charge is 0.462 e. The number of rotatable bonds is 5. The van der Waals surface area contributed by atoms with Crippen molar-refractivity contribution in [2.75, 3.05) is 6.61 Å². The normalized spacial score (nSPS) is 10.8. The number of fused-ring (bicyclic) bond motifs is 1. The molecule has 5 heteroatoms. The lowest BCUT2D eigenvalue weighted by Crippen LogP contribution is -2.06. The number of aldehydes is 1. The second-order valence-corrected chi connectivity index (χ2v) is 5.85. The number of halogens is 1. The number of nitrogens with zero attached hydrogens (tertiary/aromatic N) is 1. The average Bonchev–Trinajstić information content (AvgIpc) is 2.92. The quantitative estimate of drug-likeness (QED) is 0.512. The van der Waals surface area contributed by atoms with Crippen molar-refractivity contribution in [2.45, 2.75) is 13.5 Å². The summed E-state index contributed by atoms with van der Waals surface area (Å²) >= 11 is 6.03. The van der Waals surface area contributed by atoms with E-state index in [-0.39, 0.29) is 5.97 Å². The Kier molecular flexibility index (Phi) is 4.67. The summed E-state index contributed by atoms with van der Waals surface area (Å²) in [7, 11) is 0. The fourth-order valence-electron chi connectivity index (χ4n) is 2.73. The van der Waals surface area contributed by atoms with Crippen LogP contribution in [0.4, 0.5) is 0 Å². The Bertz CT molecular complexity index is 914. The summed E-state index contributed by atoms with van der Waals surface area (Å²) in [6.07, 6.45) is 2.62. The minimum atomic E-state index is -0.336. The third-order valence-corrected chi connectivity index (χ3v) is 4.03. The van der Waals surface area contributed by atoms with E-state index < -0.39 is 0 Å². The molecule has 3 rings (SSSR count). The van der Waals surface area contributed by atoms with Gasteiger partial charge in [0.25, 0.3) is 0 Å². The Hall–Kier alpha value is -2.59. The number of esters is 1. The van der Waals surface area contributed by atoms with Gasteiger partial charge in [0.15, 0.2) is 6.29 Å². The monoisotopic (exact) mass is 341 g/mol. The molecule has 1 heterocycles. The lowest BCUT2D eigenvalue weighted by atomic mass is 10.1. The zero-order chi connectivity index (χ0) is 17.1. The molecule has 0 fully saturated rings. The summed E-state index contributed by atoms with van der Waals surface area (Å²) < 4.78 is 7.00. The number of carbonyl (C=O) groups is 2. The molecule has 3 aromatic rings. The van der Waals surface area contributed by atoms with Crippen molar-refractivity contribution in [3.63, 3.8) is 0 Å². The Labute approximate surface area is 144 Å². The molecule has 0 unspecified atom stereocenters. The molecule has 4 nitrogen and oxygen atoms in total. The summed E-state index contributed by atoms with van der Waals surface area (Å²) in [6, 6.07) is 12.8. The van der Waals surface area contributed by atoms with Crippen molar-refractivity contribution >= 4 is 34.8 Å². The first-order chi connectivity index (χ1) is 11.6. The maximum atomic E-state index is 11.9. The van der Waals surface area contributed by atoms with Crippen LogP contribution in [0.25, 0.3) is 10.9 Å². The van der Waals surface area contributed by atoms with Crippen LogP contribution in [0.5, 0.6) is 0 Å². The van der Waals surface area contributed by atoms with Crippen molar-refractivity contribution in [1.29, 1.82) is 0 Å². The number of ether oxygens (including phenoxy) is 1. The van der Waals surface area contributed by atoms with Crippen LogP contribution < -0.4 is 0 Å².